The minimum absolute atomic E-state index is 0.175. The van der Waals surface area contributed by atoms with Gasteiger partial charge in [0.1, 0.15) is 11.6 Å². The quantitative estimate of drug-likeness (QED) is 0.0830. The van der Waals surface area contributed by atoms with E-state index in [-0.39, 0.29) is 17.7 Å². The van der Waals surface area contributed by atoms with Crippen LogP contribution in [0.15, 0.2) is 237 Å². The number of hydrogen-bond donors (Lipinski definition) is 0. The second kappa shape index (κ2) is 53.5. The molecule has 12 fully saturated rings. The first-order valence-corrected chi connectivity index (χ1v) is 59.6. The smallest absolute Gasteiger partial charge is 0.123 e. The van der Waals surface area contributed by atoms with E-state index in [9.17, 15) is 8.78 Å². The van der Waals surface area contributed by atoms with E-state index < -0.39 is 0 Å². The highest BCUT2D eigenvalue weighted by Gasteiger charge is 2.37. The molecule has 9 heterocycles. The van der Waals surface area contributed by atoms with Crippen LogP contribution in [0.4, 0.5) is 8.78 Å². The molecule has 12 aliphatic rings. The topological polar surface area (TPSA) is 67.3 Å². The van der Waals surface area contributed by atoms with Gasteiger partial charge in [-0.15, -0.1) is 0 Å². The molecular weight excluding hydrogens is 1930 g/mol. The molecule has 6 aliphatic carbocycles. The molecule has 0 spiro atoms. The molecule has 12 aromatic rings. The molecule has 9 aromatic carbocycles. The highest BCUT2D eigenvalue weighted by atomic mass is 35.5. The fraction of sp³-hybridized carbons (Fsp3) is 0.485. The number of pyridine rings is 3. The zero-order chi connectivity index (χ0) is 103. The van der Waals surface area contributed by atoms with E-state index in [1.54, 1.807) is 12.1 Å². The molecule has 6 unspecified atom stereocenters. The number of rotatable bonds is 18. The van der Waals surface area contributed by atoms with Gasteiger partial charge in [-0.2, -0.15) is 0 Å². The van der Waals surface area contributed by atoms with Crippen molar-refractivity contribution in [3.8, 4) is 67.0 Å². The molecule has 792 valence electrons. The molecule has 6 atom stereocenters. The van der Waals surface area contributed by atoms with Crippen molar-refractivity contribution in [2.24, 2.45) is 0 Å². The summed E-state index contributed by atoms with van der Waals surface area (Å²) in [6.07, 6.45) is 51.0. The molecule has 24 rings (SSSR count). The van der Waals surface area contributed by atoms with E-state index in [4.69, 9.17) is 66.1 Å². The molecular formula is C134H163Cl4F2N9O. The number of halogens is 6. The normalized spacial score (nSPS) is 22.4. The van der Waals surface area contributed by atoms with Crippen LogP contribution in [0.3, 0.4) is 0 Å². The summed E-state index contributed by atoms with van der Waals surface area (Å²) in [6, 6.07) is 80.2. The third-order valence-electron chi connectivity index (χ3n) is 36.1. The van der Waals surface area contributed by atoms with Gasteiger partial charge in [0, 0.05) is 149 Å². The summed E-state index contributed by atoms with van der Waals surface area (Å²) < 4.78 is 32.4. The lowest BCUT2D eigenvalue weighted by atomic mass is 9.86. The van der Waals surface area contributed by atoms with Gasteiger partial charge in [-0.1, -0.05) is 257 Å². The Bertz CT molecular complexity index is 5550. The Morgan fingerprint density at radius 2 is 0.593 bits per heavy atom. The van der Waals surface area contributed by atoms with Crippen molar-refractivity contribution < 1.29 is 13.5 Å². The van der Waals surface area contributed by atoms with Crippen LogP contribution in [-0.4, -0.2) is 166 Å². The van der Waals surface area contributed by atoms with Crippen LogP contribution < -0.4 is 0 Å². The van der Waals surface area contributed by atoms with Crippen LogP contribution >= 0.6 is 46.4 Å². The lowest BCUT2D eigenvalue weighted by molar-refractivity contribution is -0.0443. The lowest BCUT2D eigenvalue weighted by Crippen LogP contribution is -2.43. The molecule has 3 aromatic heterocycles. The predicted molar refractivity (Wildman–Crippen MR) is 625 cm³/mol. The van der Waals surface area contributed by atoms with Crippen LogP contribution in [0.2, 0.25) is 20.1 Å². The van der Waals surface area contributed by atoms with Gasteiger partial charge in [0.25, 0.3) is 0 Å². The van der Waals surface area contributed by atoms with E-state index in [0.29, 0.717) is 29.6 Å². The number of aryl methyl sites for hydroxylation is 6. The van der Waals surface area contributed by atoms with E-state index in [2.05, 4.69) is 180 Å². The molecule has 0 amide bonds. The fourth-order valence-electron chi connectivity index (χ4n) is 27.8. The number of ether oxygens (including phenoxy) is 1. The van der Waals surface area contributed by atoms with Gasteiger partial charge in [-0.25, -0.2) is 8.78 Å². The number of hydrogen-bond acceptors (Lipinski definition) is 10. The van der Waals surface area contributed by atoms with E-state index in [1.807, 2.05) is 103 Å². The monoisotopic (exact) mass is 2090 g/mol. The first-order valence-electron chi connectivity index (χ1n) is 58.1. The number of benzene rings is 9. The summed E-state index contributed by atoms with van der Waals surface area (Å²) in [5.74, 6) is 2.83. The minimum Gasteiger partial charge on any atom is -0.371 e. The Hall–Kier alpha value is -8.83. The van der Waals surface area contributed by atoms with Crippen LogP contribution in [0.25, 0.3) is 67.0 Å². The van der Waals surface area contributed by atoms with Crippen LogP contribution in [0.5, 0.6) is 0 Å². The van der Waals surface area contributed by atoms with Crippen LogP contribution in [-0.2, 0) is 4.74 Å². The molecule has 10 nitrogen and oxygen atoms in total. The van der Waals surface area contributed by atoms with Crippen LogP contribution in [0, 0.1) is 53.2 Å². The Morgan fingerprint density at radius 1 is 0.253 bits per heavy atom. The highest BCUT2D eigenvalue weighted by Crippen LogP contribution is 2.44. The first kappa shape index (κ1) is 109. The first-order chi connectivity index (χ1) is 73.2. The molecule has 150 heavy (non-hydrogen) atoms. The van der Waals surface area contributed by atoms with Gasteiger partial charge >= 0.3 is 0 Å². The number of piperidine rings is 5. The average molecular weight is 2100 g/mol. The van der Waals surface area contributed by atoms with Crippen molar-refractivity contribution in [3.05, 3.63) is 336 Å². The van der Waals surface area contributed by atoms with E-state index in [0.717, 1.165) is 122 Å². The molecule has 6 saturated carbocycles. The Kier molecular flexibility index (Phi) is 39.1. The second-order valence-corrected chi connectivity index (χ2v) is 47.9. The third-order valence-corrected chi connectivity index (χ3v) is 37.1. The largest absolute Gasteiger partial charge is 0.371 e. The zero-order valence-corrected chi connectivity index (χ0v) is 93.4. The molecule has 0 N–H and O–H groups in total. The second-order valence-electron chi connectivity index (χ2n) is 46.1. The highest BCUT2D eigenvalue weighted by molar-refractivity contribution is 6.31. The predicted octanol–water partition coefficient (Wildman–Crippen LogP) is 35.0. The molecule has 0 bridgehead atoms. The molecule has 0 radical (unpaired) electrons. The van der Waals surface area contributed by atoms with Gasteiger partial charge in [0.2, 0.25) is 0 Å². The summed E-state index contributed by atoms with van der Waals surface area (Å²) in [7, 11) is 0. The van der Waals surface area contributed by atoms with Crippen molar-refractivity contribution in [3.63, 3.8) is 0 Å². The van der Waals surface area contributed by atoms with Gasteiger partial charge < -0.3 is 4.74 Å². The SMILES string of the molecule is Cc1cc(-c2ccc(Cl)cc2)ccc1C1CN(C2CCCC2)CCO1.Cc1cc(-c2ccc(Cl)cc2)ncc1C1CCCN(C2CCCC2)C1.Cc1cc(-c2ccc(F)cc2)ccc1C1CCCN(C2CCCC2)C1.Cc1cc(-c2ccc(F)cc2)cnc1C1CCCN(C2CCCC2)C1.Cc1cc(C2CCCN(C3CCCC3)C2)ccc1-c1ccc(Cl)cc1.Cc1nc(-c2ccc(Cl)cc2)ccc1C1CCCN(C2CCCC2)C1. The van der Waals surface area contributed by atoms with Gasteiger partial charge in [0.15, 0.2) is 0 Å². The maximum absolute atomic E-state index is 13.1. The maximum Gasteiger partial charge on any atom is 0.123 e. The zero-order valence-electron chi connectivity index (χ0n) is 90.4. The standard InChI is InChI=1S/C23H28ClN.C23H28FN.2C22H27ClN2.C22H26ClNO.C22H27FN2/c1-17-15-19(10-13-23(17)18-8-11-21(24)12-9-18)20-5-4-14-25(16-20)22-6-2-3-7-22;1-17-15-19(18-8-11-21(24)12-9-18)10-13-23(17)20-5-4-14-25(16-20)22-6-2-3-7-22;1-16-21(12-13-22(24-16)17-8-10-19(23)11-9-17)18-5-4-14-25(15-18)20-6-2-3-7-20;1-16-13-22(17-8-10-19(23)11-9-17)24-14-21(16)18-5-4-12-25(15-18)20-6-2-3-7-20;1-16-14-18(17-6-9-19(23)10-7-17)8-11-21(16)22-15-24(12-13-25-22)20-4-2-3-5-20;1-16-13-19(17-8-10-20(23)11-9-17)14-24-22(16)18-5-4-12-25(15-18)21-6-2-3-7-21/h2*8-13,15,20,22H,2-7,14,16H2,1H3;8-13,18,20H,2-7,14-15H2,1H3;8-11,13-14,18,20H,2-7,12,15H2,1H3;6-11,14,20,22H,2-5,12-13,15H2,1H3;8-11,13-14,18,21H,2-7,12,15H2,1H3. The van der Waals surface area contributed by atoms with Gasteiger partial charge in [0.05, 0.1) is 24.1 Å². The van der Waals surface area contributed by atoms with Crippen LogP contribution in [0.1, 0.15) is 321 Å². The minimum atomic E-state index is -0.195. The number of nitrogens with zero attached hydrogens (tertiary/aromatic N) is 9. The van der Waals surface area contributed by atoms with Crippen molar-refractivity contribution in [2.45, 2.75) is 332 Å². The lowest BCUT2D eigenvalue weighted by Gasteiger charge is -2.37. The Morgan fingerprint density at radius 3 is 1.01 bits per heavy atom. The van der Waals surface area contributed by atoms with Crippen molar-refractivity contribution in [2.75, 3.05) is 85.1 Å². The van der Waals surface area contributed by atoms with E-state index >= 15 is 0 Å². The molecule has 16 heteroatoms. The molecule has 6 aliphatic heterocycles. The Labute approximate surface area is 917 Å². The number of aromatic nitrogens is 3. The summed E-state index contributed by atoms with van der Waals surface area (Å²) in [6.45, 7) is 28.7. The maximum atomic E-state index is 13.1. The van der Waals surface area contributed by atoms with Crippen molar-refractivity contribution in [1.82, 2.24) is 44.4 Å². The van der Waals surface area contributed by atoms with Crippen molar-refractivity contribution >= 4 is 46.4 Å². The summed E-state index contributed by atoms with van der Waals surface area (Å²) in [5, 5.41) is 3.12. The van der Waals surface area contributed by atoms with Crippen molar-refractivity contribution in [1.29, 1.82) is 0 Å². The average Bonchev–Trinajstić information content (AvgIpc) is 1.16. The number of morpholine rings is 1. The number of likely N-dealkylation sites (tertiary alicyclic amines) is 5. The summed E-state index contributed by atoms with van der Waals surface area (Å²) >= 11 is 24.0. The fourth-order valence-corrected chi connectivity index (χ4v) is 28.3. The Balaban J connectivity index is 0.000000113. The van der Waals surface area contributed by atoms with Gasteiger partial charge in [-0.05, 0) is 425 Å². The summed E-state index contributed by atoms with van der Waals surface area (Å²) in [4.78, 5) is 31.0. The van der Waals surface area contributed by atoms with E-state index in [1.165, 1.54) is 384 Å². The van der Waals surface area contributed by atoms with Gasteiger partial charge in [-0.3, -0.25) is 44.4 Å². The third kappa shape index (κ3) is 28.9. The summed E-state index contributed by atoms with van der Waals surface area (Å²) in [5.41, 5.74) is 30.1. The molecule has 6 saturated heterocycles.